The van der Waals surface area contributed by atoms with Crippen LogP contribution in [0.15, 0.2) is 10.3 Å². The topological polar surface area (TPSA) is 63.4 Å². The fourth-order valence-corrected chi connectivity index (χ4v) is 3.55. The van der Waals surface area contributed by atoms with E-state index in [-0.39, 0.29) is 5.69 Å². The number of nitro groups is 1. The quantitative estimate of drug-likeness (QED) is 0.504. The summed E-state index contributed by atoms with van der Waals surface area (Å²) in [6.45, 7) is 5.58. The minimum absolute atomic E-state index is 0.106. The molecule has 1 unspecified atom stereocenters. The van der Waals surface area contributed by atoms with Gasteiger partial charge in [-0.15, -0.1) is 23.1 Å². The van der Waals surface area contributed by atoms with Crippen molar-refractivity contribution in [2.45, 2.75) is 36.3 Å². The zero-order valence-electron chi connectivity index (χ0n) is 8.76. The smallest absolute Gasteiger partial charge is 0.294 e. The standard InChI is InChI=1S/C9H13NO3S2/c1-5(2)14-9-7(10(12)13)4-8(15-9)6(3)11/h4-6,11H,1-3H3. The van der Waals surface area contributed by atoms with Crippen molar-refractivity contribution in [3.05, 3.63) is 21.1 Å². The number of rotatable bonds is 4. The Morgan fingerprint density at radius 3 is 2.53 bits per heavy atom. The summed E-state index contributed by atoms with van der Waals surface area (Å²) in [5, 5.41) is 20.4. The molecule has 84 valence electrons. The first kappa shape index (κ1) is 12.5. The zero-order valence-corrected chi connectivity index (χ0v) is 10.4. The molecule has 1 aromatic heterocycles. The monoisotopic (exact) mass is 247 g/mol. The van der Waals surface area contributed by atoms with Crippen LogP contribution in [0.25, 0.3) is 0 Å². The van der Waals surface area contributed by atoms with Gasteiger partial charge in [0, 0.05) is 16.2 Å². The Hall–Kier alpha value is -0.590. The van der Waals surface area contributed by atoms with E-state index in [1.807, 2.05) is 13.8 Å². The van der Waals surface area contributed by atoms with Crippen molar-refractivity contribution in [3.63, 3.8) is 0 Å². The molecule has 1 atom stereocenters. The van der Waals surface area contributed by atoms with Gasteiger partial charge < -0.3 is 5.11 Å². The highest BCUT2D eigenvalue weighted by molar-refractivity contribution is 8.01. The Bertz CT molecular complexity index is 360. The van der Waals surface area contributed by atoms with Crippen LogP contribution < -0.4 is 0 Å². The van der Waals surface area contributed by atoms with Crippen LogP contribution in [0.4, 0.5) is 5.69 Å². The van der Waals surface area contributed by atoms with E-state index in [0.717, 1.165) is 0 Å². The van der Waals surface area contributed by atoms with Crippen LogP contribution in [-0.2, 0) is 0 Å². The average Bonchev–Trinajstić information content (AvgIpc) is 2.46. The number of thioether (sulfide) groups is 1. The summed E-state index contributed by atoms with van der Waals surface area (Å²) in [5.74, 6) is 0. The van der Waals surface area contributed by atoms with Crippen molar-refractivity contribution >= 4 is 28.8 Å². The van der Waals surface area contributed by atoms with Gasteiger partial charge >= 0.3 is 0 Å². The largest absolute Gasteiger partial charge is 0.388 e. The van der Waals surface area contributed by atoms with E-state index in [0.29, 0.717) is 14.3 Å². The van der Waals surface area contributed by atoms with Crippen LogP contribution >= 0.6 is 23.1 Å². The molecule has 0 saturated heterocycles. The van der Waals surface area contributed by atoms with Gasteiger partial charge in [0.05, 0.1) is 11.0 Å². The van der Waals surface area contributed by atoms with Gasteiger partial charge in [-0.1, -0.05) is 13.8 Å². The molecule has 1 N–H and O–H groups in total. The van der Waals surface area contributed by atoms with E-state index >= 15 is 0 Å². The summed E-state index contributed by atoms with van der Waals surface area (Å²) in [4.78, 5) is 11.0. The van der Waals surface area contributed by atoms with Gasteiger partial charge in [-0.05, 0) is 6.92 Å². The normalized spacial score (nSPS) is 13.1. The number of thiophene rings is 1. The fraction of sp³-hybridized carbons (Fsp3) is 0.556. The van der Waals surface area contributed by atoms with Gasteiger partial charge in [0.1, 0.15) is 4.21 Å². The van der Waals surface area contributed by atoms with Crippen molar-refractivity contribution in [3.8, 4) is 0 Å². The maximum Gasteiger partial charge on any atom is 0.294 e. The van der Waals surface area contributed by atoms with Gasteiger partial charge in [0.15, 0.2) is 0 Å². The summed E-state index contributed by atoms with van der Waals surface area (Å²) in [6, 6.07) is 1.46. The third kappa shape index (κ3) is 3.19. The molecule has 0 fully saturated rings. The second-order valence-electron chi connectivity index (χ2n) is 3.42. The first-order chi connectivity index (χ1) is 6.91. The van der Waals surface area contributed by atoms with Gasteiger partial charge in [-0.25, -0.2) is 0 Å². The molecule has 0 aromatic carbocycles. The maximum absolute atomic E-state index is 10.8. The lowest BCUT2D eigenvalue weighted by Crippen LogP contribution is -1.89. The molecule has 0 radical (unpaired) electrons. The number of aliphatic hydroxyl groups excluding tert-OH is 1. The lowest BCUT2D eigenvalue weighted by Gasteiger charge is -2.00. The third-order valence-electron chi connectivity index (χ3n) is 1.65. The van der Waals surface area contributed by atoms with Crippen molar-refractivity contribution in [2.24, 2.45) is 0 Å². The third-order valence-corrected chi connectivity index (χ3v) is 4.17. The number of aliphatic hydroxyl groups is 1. The van der Waals surface area contributed by atoms with Crippen LogP contribution in [0.1, 0.15) is 31.8 Å². The van der Waals surface area contributed by atoms with Crippen LogP contribution in [0, 0.1) is 10.1 Å². The van der Waals surface area contributed by atoms with E-state index in [4.69, 9.17) is 0 Å². The van der Waals surface area contributed by atoms with E-state index < -0.39 is 11.0 Å². The van der Waals surface area contributed by atoms with Crippen molar-refractivity contribution in [1.82, 2.24) is 0 Å². The molecular weight excluding hydrogens is 234 g/mol. The molecule has 0 aliphatic rings. The summed E-state index contributed by atoms with van der Waals surface area (Å²) in [5.41, 5.74) is 0.106. The highest BCUT2D eigenvalue weighted by Crippen LogP contribution is 2.41. The summed E-state index contributed by atoms with van der Waals surface area (Å²) in [6.07, 6.45) is -0.643. The lowest BCUT2D eigenvalue weighted by atomic mass is 10.3. The van der Waals surface area contributed by atoms with Gasteiger partial charge in [0.25, 0.3) is 5.69 Å². The van der Waals surface area contributed by atoms with Crippen LogP contribution in [0.5, 0.6) is 0 Å². The SMILES string of the molecule is CC(C)Sc1sc(C(C)O)cc1[N+](=O)[O-]. The molecular formula is C9H13NO3S2. The summed E-state index contributed by atoms with van der Waals surface area (Å²) < 4.78 is 0.672. The Kier molecular flexibility index (Phi) is 4.12. The fourth-order valence-electron chi connectivity index (χ4n) is 1.01. The molecule has 0 amide bonds. The zero-order chi connectivity index (χ0) is 11.6. The summed E-state index contributed by atoms with van der Waals surface area (Å²) >= 11 is 2.75. The van der Waals surface area contributed by atoms with Gasteiger partial charge in [0.2, 0.25) is 0 Å². The molecule has 15 heavy (non-hydrogen) atoms. The molecule has 1 heterocycles. The van der Waals surface area contributed by atoms with Crippen LogP contribution in [0.2, 0.25) is 0 Å². The summed E-state index contributed by atoms with van der Waals surface area (Å²) in [7, 11) is 0. The number of hydrogen-bond donors (Lipinski definition) is 1. The predicted octanol–water partition coefficient (Wildman–Crippen LogP) is 3.21. The highest BCUT2D eigenvalue weighted by atomic mass is 32.2. The van der Waals surface area contributed by atoms with E-state index in [1.165, 1.54) is 29.2 Å². The van der Waals surface area contributed by atoms with Gasteiger partial charge in [-0.2, -0.15) is 0 Å². The number of hydrogen-bond acceptors (Lipinski definition) is 5. The van der Waals surface area contributed by atoms with Crippen molar-refractivity contribution < 1.29 is 10.0 Å². The molecule has 4 nitrogen and oxygen atoms in total. The predicted molar refractivity (Wildman–Crippen MR) is 62.6 cm³/mol. The molecule has 0 aliphatic heterocycles. The second kappa shape index (κ2) is 4.96. The van der Waals surface area contributed by atoms with Crippen molar-refractivity contribution in [2.75, 3.05) is 0 Å². The molecule has 0 saturated carbocycles. The molecule has 1 rings (SSSR count). The first-order valence-corrected chi connectivity index (χ1v) is 6.24. The average molecular weight is 247 g/mol. The first-order valence-electron chi connectivity index (χ1n) is 4.54. The van der Waals surface area contributed by atoms with E-state index in [2.05, 4.69) is 0 Å². The second-order valence-corrected chi connectivity index (χ2v) is 6.35. The van der Waals surface area contributed by atoms with Crippen molar-refractivity contribution in [1.29, 1.82) is 0 Å². The molecule has 6 heteroatoms. The minimum atomic E-state index is -0.643. The number of nitrogens with zero attached hydrogens (tertiary/aromatic N) is 1. The molecule has 0 aliphatic carbocycles. The maximum atomic E-state index is 10.8. The Labute approximate surface area is 96.5 Å². The van der Waals surface area contributed by atoms with E-state index in [1.54, 1.807) is 6.92 Å². The Balaban J connectivity index is 3.06. The Morgan fingerprint density at radius 2 is 2.13 bits per heavy atom. The minimum Gasteiger partial charge on any atom is -0.388 e. The van der Waals surface area contributed by atoms with Gasteiger partial charge in [-0.3, -0.25) is 10.1 Å². The molecule has 1 aromatic rings. The van der Waals surface area contributed by atoms with Crippen LogP contribution in [0.3, 0.4) is 0 Å². The van der Waals surface area contributed by atoms with Crippen LogP contribution in [-0.4, -0.2) is 15.3 Å². The molecule has 0 spiro atoms. The highest BCUT2D eigenvalue weighted by Gasteiger charge is 2.21. The molecule has 0 bridgehead atoms. The van der Waals surface area contributed by atoms with E-state index in [9.17, 15) is 15.2 Å². The Morgan fingerprint density at radius 1 is 1.53 bits per heavy atom. The lowest BCUT2D eigenvalue weighted by molar-refractivity contribution is -0.387.